The first-order chi connectivity index (χ1) is 11.1. The lowest BCUT2D eigenvalue weighted by Gasteiger charge is -2.38. The number of imidazole rings is 1. The summed E-state index contributed by atoms with van der Waals surface area (Å²) in [5.41, 5.74) is 1.04. The van der Waals surface area contributed by atoms with E-state index in [9.17, 15) is 5.11 Å². The average molecular weight is 319 g/mol. The quantitative estimate of drug-likeness (QED) is 0.807. The lowest BCUT2D eigenvalue weighted by atomic mass is 9.96. The summed E-state index contributed by atoms with van der Waals surface area (Å²) in [4.78, 5) is 4.30. The minimum Gasteiger partial charge on any atom is -0.389 e. The molecule has 4 heterocycles. The van der Waals surface area contributed by atoms with Crippen LogP contribution in [0.15, 0.2) is 24.8 Å². The number of nitrogens with one attached hydrogen (secondary N) is 1. The molecule has 0 amide bonds. The number of fused-ring (bicyclic) bond motifs is 2. The number of rotatable bonds is 4. The molecule has 0 aliphatic carbocycles. The first-order valence-corrected chi connectivity index (χ1v) is 7.79. The van der Waals surface area contributed by atoms with Crippen LogP contribution in [0, 0.1) is 6.92 Å². The summed E-state index contributed by atoms with van der Waals surface area (Å²) in [6, 6.07) is -0.596. The van der Waals surface area contributed by atoms with Crippen molar-refractivity contribution in [1.82, 2.24) is 24.6 Å². The van der Waals surface area contributed by atoms with Crippen LogP contribution < -0.4 is 5.32 Å². The summed E-state index contributed by atoms with van der Waals surface area (Å²) in [7, 11) is 1.95. The molecule has 124 valence electrons. The Morgan fingerprint density at radius 2 is 2.35 bits per heavy atom. The minimum atomic E-state index is -0.652. The fraction of sp³-hybridized carbons (Fsp3) is 0.600. The van der Waals surface area contributed by atoms with Gasteiger partial charge >= 0.3 is 0 Å². The highest BCUT2D eigenvalue weighted by molar-refractivity contribution is 5.06. The van der Waals surface area contributed by atoms with Crippen LogP contribution in [0.3, 0.4) is 0 Å². The first-order valence-electron chi connectivity index (χ1n) is 7.79. The molecule has 0 saturated carbocycles. The number of aliphatic hydroxyl groups is 1. The van der Waals surface area contributed by atoms with Gasteiger partial charge in [0, 0.05) is 25.6 Å². The molecule has 2 aliphatic rings. The third-order valence-corrected chi connectivity index (χ3v) is 4.58. The van der Waals surface area contributed by atoms with E-state index >= 15 is 0 Å². The normalized spacial score (nSPS) is 33.3. The van der Waals surface area contributed by atoms with Gasteiger partial charge in [0.25, 0.3) is 0 Å². The molecular weight excluding hydrogens is 298 g/mol. The van der Waals surface area contributed by atoms with Gasteiger partial charge in [0.1, 0.15) is 18.0 Å². The van der Waals surface area contributed by atoms with Crippen LogP contribution in [0.2, 0.25) is 0 Å². The Morgan fingerprint density at radius 1 is 1.48 bits per heavy atom. The molecule has 8 heteroatoms. The van der Waals surface area contributed by atoms with Crippen molar-refractivity contribution in [2.24, 2.45) is 7.05 Å². The SMILES string of the molecule is Cc1cnn([C@H]2[C@@H]3OC[C@@H](O3)[C@@H](NCc3nccn3C)[C@@H]2O)c1. The zero-order valence-corrected chi connectivity index (χ0v) is 13.2. The number of hydrogen-bond donors (Lipinski definition) is 2. The summed E-state index contributed by atoms with van der Waals surface area (Å²) in [5, 5.41) is 18.5. The fourth-order valence-electron chi connectivity index (χ4n) is 3.31. The average Bonchev–Trinajstić information content (AvgIpc) is 3.22. The van der Waals surface area contributed by atoms with Gasteiger partial charge < -0.3 is 24.5 Å². The second-order valence-electron chi connectivity index (χ2n) is 6.22. The third kappa shape index (κ3) is 2.57. The highest BCUT2D eigenvalue weighted by atomic mass is 16.7. The summed E-state index contributed by atoms with van der Waals surface area (Å²) in [6.07, 6.45) is 6.05. The Kier molecular flexibility index (Phi) is 3.68. The number of nitrogens with zero attached hydrogens (tertiary/aromatic N) is 4. The van der Waals surface area contributed by atoms with E-state index in [2.05, 4.69) is 15.4 Å². The highest BCUT2D eigenvalue weighted by Gasteiger charge is 2.51. The van der Waals surface area contributed by atoms with Crippen molar-refractivity contribution in [3.8, 4) is 0 Å². The number of aromatic nitrogens is 4. The Labute approximate surface area is 134 Å². The molecular formula is C15H21N5O3. The van der Waals surface area contributed by atoms with Crippen LogP contribution in [0.1, 0.15) is 17.4 Å². The van der Waals surface area contributed by atoms with Crippen LogP contribution in [-0.2, 0) is 23.1 Å². The molecule has 0 spiro atoms. The number of ether oxygens (including phenoxy) is 2. The van der Waals surface area contributed by atoms with Gasteiger partial charge in [-0.05, 0) is 12.5 Å². The maximum absolute atomic E-state index is 10.9. The van der Waals surface area contributed by atoms with Gasteiger partial charge in [-0.15, -0.1) is 0 Å². The van der Waals surface area contributed by atoms with Gasteiger partial charge in [0.2, 0.25) is 0 Å². The summed E-state index contributed by atoms with van der Waals surface area (Å²) < 4.78 is 15.3. The van der Waals surface area contributed by atoms with E-state index < -0.39 is 12.4 Å². The van der Waals surface area contributed by atoms with Gasteiger partial charge in [0.15, 0.2) is 6.29 Å². The van der Waals surface area contributed by atoms with E-state index in [-0.39, 0.29) is 18.2 Å². The number of hydrogen-bond acceptors (Lipinski definition) is 6. The van der Waals surface area contributed by atoms with Crippen molar-refractivity contribution < 1.29 is 14.6 Å². The predicted molar refractivity (Wildman–Crippen MR) is 80.5 cm³/mol. The van der Waals surface area contributed by atoms with Gasteiger partial charge in [-0.25, -0.2) is 4.98 Å². The van der Waals surface area contributed by atoms with Crippen LogP contribution in [0.25, 0.3) is 0 Å². The molecule has 2 bridgehead atoms. The zero-order chi connectivity index (χ0) is 16.0. The second-order valence-corrected chi connectivity index (χ2v) is 6.22. The van der Waals surface area contributed by atoms with Gasteiger partial charge in [-0.1, -0.05) is 0 Å². The Bertz CT molecular complexity index is 684. The highest BCUT2D eigenvalue weighted by Crippen LogP contribution is 2.35. The van der Waals surface area contributed by atoms with Crippen molar-refractivity contribution in [3.63, 3.8) is 0 Å². The van der Waals surface area contributed by atoms with E-state index in [4.69, 9.17) is 9.47 Å². The van der Waals surface area contributed by atoms with E-state index in [1.54, 1.807) is 17.1 Å². The minimum absolute atomic E-state index is 0.164. The molecule has 0 aromatic carbocycles. The van der Waals surface area contributed by atoms with Crippen molar-refractivity contribution in [2.45, 2.75) is 44.1 Å². The maximum Gasteiger partial charge on any atom is 0.183 e. The van der Waals surface area contributed by atoms with Crippen LogP contribution >= 0.6 is 0 Å². The van der Waals surface area contributed by atoms with Crippen LogP contribution in [0.5, 0.6) is 0 Å². The van der Waals surface area contributed by atoms with Crippen molar-refractivity contribution in [1.29, 1.82) is 0 Å². The smallest absolute Gasteiger partial charge is 0.183 e. The maximum atomic E-state index is 10.9. The molecule has 8 nitrogen and oxygen atoms in total. The molecule has 2 aliphatic heterocycles. The van der Waals surface area contributed by atoms with Crippen molar-refractivity contribution >= 4 is 0 Å². The Morgan fingerprint density at radius 3 is 3.04 bits per heavy atom. The summed E-state index contributed by atoms with van der Waals surface area (Å²) in [5.74, 6) is 0.907. The lowest BCUT2D eigenvalue weighted by molar-refractivity contribution is -0.168. The molecule has 2 aromatic rings. The lowest BCUT2D eigenvalue weighted by Crippen LogP contribution is -2.57. The van der Waals surface area contributed by atoms with E-state index in [0.29, 0.717) is 13.2 Å². The standard InChI is InChI=1S/C15H21N5O3/c1-9-5-18-20(7-9)13-14(21)12(10-8-22-15(13)23-10)17-6-11-16-3-4-19(11)2/h3-5,7,10,12-15,17,21H,6,8H2,1-2H3/t10-,12-,13-,14+,15-/m1/s1. The monoisotopic (exact) mass is 319 g/mol. The summed E-state index contributed by atoms with van der Waals surface area (Å²) >= 11 is 0. The Balaban J connectivity index is 1.53. The molecule has 4 rings (SSSR count). The molecule has 0 unspecified atom stereocenters. The molecule has 2 aromatic heterocycles. The summed E-state index contributed by atoms with van der Waals surface area (Å²) in [6.45, 7) is 2.99. The fourth-order valence-corrected chi connectivity index (χ4v) is 3.31. The topological polar surface area (TPSA) is 86.4 Å². The van der Waals surface area contributed by atoms with Gasteiger partial charge in [-0.3, -0.25) is 4.68 Å². The molecule has 2 saturated heterocycles. The first kappa shape index (κ1) is 14.8. The predicted octanol–water partition coefficient (Wildman–Crippen LogP) is -0.259. The van der Waals surface area contributed by atoms with Crippen molar-refractivity contribution in [2.75, 3.05) is 6.61 Å². The molecule has 2 fully saturated rings. The van der Waals surface area contributed by atoms with E-state index in [1.165, 1.54) is 0 Å². The Hall–Kier alpha value is -1.74. The molecule has 0 radical (unpaired) electrons. The zero-order valence-electron chi connectivity index (χ0n) is 13.2. The largest absolute Gasteiger partial charge is 0.389 e. The molecule has 23 heavy (non-hydrogen) atoms. The van der Waals surface area contributed by atoms with E-state index in [1.807, 2.05) is 30.9 Å². The van der Waals surface area contributed by atoms with Crippen molar-refractivity contribution in [3.05, 3.63) is 36.2 Å². The third-order valence-electron chi connectivity index (χ3n) is 4.58. The van der Waals surface area contributed by atoms with Gasteiger partial charge in [-0.2, -0.15) is 5.10 Å². The number of aryl methyl sites for hydroxylation is 2. The van der Waals surface area contributed by atoms with Crippen LogP contribution in [0.4, 0.5) is 0 Å². The van der Waals surface area contributed by atoms with Gasteiger partial charge in [0.05, 0.1) is 31.5 Å². The molecule has 2 N–H and O–H groups in total. The second kappa shape index (κ2) is 5.72. The van der Waals surface area contributed by atoms with E-state index in [0.717, 1.165) is 11.4 Å². The van der Waals surface area contributed by atoms with Crippen LogP contribution in [-0.4, -0.2) is 55.6 Å². The number of aliphatic hydroxyl groups excluding tert-OH is 1. The molecule has 5 atom stereocenters.